The molecule has 0 bridgehead atoms. The average molecular weight is 432 g/mol. The highest BCUT2D eigenvalue weighted by Gasteiger charge is 2.33. The number of nitrogens with zero attached hydrogens (tertiary/aromatic N) is 1. The third-order valence-electron chi connectivity index (χ3n) is 5.53. The van der Waals surface area contributed by atoms with Crippen LogP contribution in [0.25, 0.3) is 0 Å². The molecule has 0 atom stereocenters. The van der Waals surface area contributed by atoms with Crippen LogP contribution in [-0.4, -0.2) is 61.9 Å². The van der Waals surface area contributed by atoms with Crippen molar-refractivity contribution >= 4 is 12.0 Å². The topological polar surface area (TPSA) is 79.9 Å². The highest BCUT2D eigenvalue weighted by Crippen LogP contribution is 2.28. The van der Waals surface area contributed by atoms with Gasteiger partial charge in [-0.05, 0) is 70.1 Å². The molecule has 2 aliphatic carbocycles. The van der Waals surface area contributed by atoms with Gasteiger partial charge in [0.1, 0.15) is 5.60 Å². The Morgan fingerprint density at radius 1 is 1.23 bits per heavy atom. The van der Waals surface area contributed by atoms with Crippen LogP contribution in [0.4, 0.5) is 4.79 Å². The van der Waals surface area contributed by atoms with Gasteiger partial charge in [-0.25, -0.2) is 4.79 Å². The van der Waals surface area contributed by atoms with Crippen molar-refractivity contribution in [1.29, 1.82) is 0 Å². The Balaban J connectivity index is 1.37. The number of amides is 2. The molecule has 2 fully saturated rings. The molecule has 3 aliphatic rings. The number of rotatable bonds is 9. The molecule has 1 heterocycles. The molecule has 0 aromatic heterocycles. The molecule has 1 saturated heterocycles. The Morgan fingerprint density at radius 3 is 2.65 bits per heavy atom. The van der Waals surface area contributed by atoms with E-state index in [0.29, 0.717) is 37.7 Å². The van der Waals surface area contributed by atoms with Crippen LogP contribution in [0.15, 0.2) is 35.1 Å². The fraction of sp³-hybridized carbons (Fsp3) is 0.667. The number of hydrogen-bond donors (Lipinski definition) is 2. The quantitative estimate of drug-likeness (QED) is 0.548. The highest BCUT2D eigenvalue weighted by atomic mass is 16.6. The molecule has 3 rings (SSSR count). The summed E-state index contributed by atoms with van der Waals surface area (Å²) in [6.07, 6.45) is 9.12. The molecule has 7 heteroatoms. The molecular formula is C24H37N3O4. The second-order valence-electron chi connectivity index (χ2n) is 9.80. The fourth-order valence-electron chi connectivity index (χ4n) is 3.48. The maximum Gasteiger partial charge on any atom is 0.410 e. The van der Waals surface area contributed by atoms with Crippen molar-refractivity contribution in [2.45, 2.75) is 52.6 Å². The van der Waals surface area contributed by atoms with Crippen LogP contribution in [0, 0.1) is 11.8 Å². The summed E-state index contributed by atoms with van der Waals surface area (Å²) in [7, 11) is 0. The van der Waals surface area contributed by atoms with E-state index < -0.39 is 5.60 Å². The lowest BCUT2D eigenvalue weighted by atomic mass is 9.95. The Hall–Kier alpha value is -2.28. The first kappa shape index (κ1) is 23.4. The van der Waals surface area contributed by atoms with Gasteiger partial charge in [-0.3, -0.25) is 4.79 Å². The van der Waals surface area contributed by atoms with Crippen molar-refractivity contribution in [3.05, 3.63) is 35.1 Å². The third kappa shape index (κ3) is 7.73. The summed E-state index contributed by atoms with van der Waals surface area (Å²) in [6.45, 7) is 11.7. The lowest BCUT2D eigenvalue weighted by Crippen LogP contribution is -2.54. The molecule has 2 N–H and O–H groups in total. The molecule has 1 saturated carbocycles. The van der Waals surface area contributed by atoms with E-state index >= 15 is 0 Å². The molecule has 0 spiro atoms. The minimum Gasteiger partial charge on any atom is -0.444 e. The van der Waals surface area contributed by atoms with E-state index in [0.717, 1.165) is 36.6 Å². The second kappa shape index (κ2) is 10.4. The normalized spacial score (nSPS) is 20.6. The van der Waals surface area contributed by atoms with Gasteiger partial charge in [-0.15, -0.1) is 0 Å². The second-order valence-corrected chi connectivity index (χ2v) is 9.80. The van der Waals surface area contributed by atoms with Crippen LogP contribution in [0.3, 0.4) is 0 Å². The first-order chi connectivity index (χ1) is 14.7. The van der Waals surface area contributed by atoms with Crippen LogP contribution >= 0.6 is 0 Å². The van der Waals surface area contributed by atoms with Crippen LogP contribution in [0.5, 0.6) is 0 Å². The molecular weight excluding hydrogens is 394 g/mol. The van der Waals surface area contributed by atoms with Gasteiger partial charge in [-0.2, -0.15) is 0 Å². The standard InChI is InChI=1S/C24H37N3O4/c1-17-5-6-19(11-21(17)22(28)26-9-10-30-16-18-7-8-18)12-25-13-20-14-27(15-20)23(29)31-24(2,3)4/h5,11-12,18,20,25H,6-10,13-16H2,1-4H3,(H,26,28)/b19-12+. The maximum absolute atomic E-state index is 12.5. The summed E-state index contributed by atoms with van der Waals surface area (Å²) in [5.41, 5.74) is 2.32. The van der Waals surface area contributed by atoms with Gasteiger partial charge in [0.25, 0.3) is 5.91 Å². The minimum absolute atomic E-state index is 0.0543. The van der Waals surface area contributed by atoms with Crippen molar-refractivity contribution in [3.63, 3.8) is 0 Å². The summed E-state index contributed by atoms with van der Waals surface area (Å²) >= 11 is 0. The van der Waals surface area contributed by atoms with Gasteiger partial charge >= 0.3 is 6.09 Å². The Kier molecular flexibility index (Phi) is 7.81. The first-order valence-corrected chi connectivity index (χ1v) is 11.4. The zero-order valence-electron chi connectivity index (χ0n) is 19.3. The molecule has 0 aromatic rings. The van der Waals surface area contributed by atoms with Crippen molar-refractivity contribution in [3.8, 4) is 0 Å². The monoisotopic (exact) mass is 431 g/mol. The summed E-state index contributed by atoms with van der Waals surface area (Å²) < 4.78 is 11.0. The smallest absolute Gasteiger partial charge is 0.410 e. The minimum atomic E-state index is -0.461. The zero-order valence-corrected chi connectivity index (χ0v) is 19.3. The number of hydrogen-bond acceptors (Lipinski definition) is 5. The Labute approximate surface area is 185 Å². The van der Waals surface area contributed by atoms with E-state index in [1.54, 1.807) is 4.90 Å². The average Bonchev–Trinajstić information content (AvgIpc) is 3.47. The Bertz CT molecular complexity index is 753. The lowest BCUT2D eigenvalue weighted by Gasteiger charge is -2.39. The van der Waals surface area contributed by atoms with E-state index in [1.807, 2.05) is 40.0 Å². The fourth-order valence-corrected chi connectivity index (χ4v) is 3.48. The predicted octanol–water partition coefficient (Wildman–Crippen LogP) is 3.15. The van der Waals surface area contributed by atoms with Crippen molar-refractivity contribution in [2.75, 3.05) is 39.4 Å². The zero-order chi connectivity index (χ0) is 22.4. The van der Waals surface area contributed by atoms with Crippen molar-refractivity contribution in [2.24, 2.45) is 11.8 Å². The summed E-state index contributed by atoms with van der Waals surface area (Å²) in [6, 6.07) is 0. The predicted molar refractivity (Wildman–Crippen MR) is 120 cm³/mol. The maximum atomic E-state index is 12.5. The van der Waals surface area contributed by atoms with Gasteiger partial charge in [0.2, 0.25) is 0 Å². The molecule has 0 radical (unpaired) electrons. The highest BCUT2D eigenvalue weighted by molar-refractivity contribution is 5.98. The molecule has 1 aliphatic heterocycles. The van der Waals surface area contributed by atoms with Crippen LogP contribution in [-0.2, 0) is 14.3 Å². The van der Waals surface area contributed by atoms with Crippen LogP contribution < -0.4 is 10.6 Å². The number of likely N-dealkylation sites (tertiary alicyclic amines) is 1. The van der Waals surface area contributed by atoms with Gasteiger partial charge in [0.05, 0.1) is 6.61 Å². The third-order valence-corrected chi connectivity index (χ3v) is 5.53. The van der Waals surface area contributed by atoms with Crippen LogP contribution in [0.2, 0.25) is 0 Å². The van der Waals surface area contributed by atoms with E-state index in [4.69, 9.17) is 9.47 Å². The number of ether oxygens (including phenoxy) is 2. The van der Waals surface area contributed by atoms with E-state index in [2.05, 4.69) is 16.7 Å². The summed E-state index contributed by atoms with van der Waals surface area (Å²) in [5.74, 6) is 1.09. The molecule has 0 aromatic carbocycles. The van der Waals surface area contributed by atoms with Crippen molar-refractivity contribution < 1.29 is 19.1 Å². The molecule has 7 nitrogen and oxygen atoms in total. The summed E-state index contributed by atoms with van der Waals surface area (Å²) in [5, 5.41) is 6.30. The van der Waals surface area contributed by atoms with E-state index in [-0.39, 0.29) is 12.0 Å². The SMILES string of the molecule is CC1=CC/C(=C\NCC2CN(C(=O)OC(C)(C)C)C2)C=C1C(=O)NCCOCC1CC1. The number of carbonyl (C=O) groups excluding carboxylic acids is 2. The number of nitrogens with one attached hydrogen (secondary N) is 2. The lowest BCUT2D eigenvalue weighted by molar-refractivity contribution is -0.117. The van der Waals surface area contributed by atoms with E-state index in [9.17, 15) is 9.59 Å². The first-order valence-electron chi connectivity index (χ1n) is 11.4. The van der Waals surface area contributed by atoms with Crippen LogP contribution in [0.1, 0.15) is 47.0 Å². The molecule has 172 valence electrons. The largest absolute Gasteiger partial charge is 0.444 e. The van der Waals surface area contributed by atoms with Gasteiger partial charge in [0, 0.05) is 50.5 Å². The Morgan fingerprint density at radius 2 is 1.97 bits per heavy atom. The molecule has 2 amide bonds. The summed E-state index contributed by atoms with van der Waals surface area (Å²) in [4.78, 5) is 26.3. The van der Waals surface area contributed by atoms with Crippen molar-refractivity contribution in [1.82, 2.24) is 15.5 Å². The van der Waals surface area contributed by atoms with Gasteiger partial charge in [0.15, 0.2) is 0 Å². The molecule has 31 heavy (non-hydrogen) atoms. The van der Waals surface area contributed by atoms with Gasteiger partial charge < -0.3 is 25.0 Å². The molecule has 0 unspecified atom stereocenters. The number of allylic oxidation sites excluding steroid dienone is 3. The van der Waals surface area contributed by atoms with E-state index in [1.165, 1.54) is 12.8 Å². The van der Waals surface area contributed by atoms with Gasteiger partial charge in [-0.1, -0.05) is 6.08 Å². The number of carbonyl (C=O) groups is 2.